The van der Waals surface area contributed by atoms with Gasteiger partial charge in [0.05, 0.1) is 11.7 Å². The fourth-order valence-electron chi connectivity index (χ4n) is 1.69. The van der Waals surface area contributed by atoms with E-state index in [9.17, 15) is 13.9 Å². The molecule has 0 aliphatic heterocycles. The molecule has 1 aromatic rings. The Labute approximate surface area is 106 Å². The van der Waals surface area contributed by atoms with Gasteiger partial charge in [-0.15, -0.1) is 0 Å². The van der Waals surface area contributed by atoms with E-state index in [0.717, 1.165) is 25.1 Å². The van der Waals surface area contributed by atoms with Gasteiger partial charge in [-0.25, -0.2) is 8.78 Å². The Balaban J connectivity index is 2.39. The van der Waals surface area contributed by atoms with Crippen LogP contribution in [-0.2, 0) is 0 Å². The molecule has 0 saturated heterocycles. The highest BCUT2D eigenvalue weighted by Crippen LogP contribution is 2.19. The molecule has 5 heteroatoms. The molecule has 102 valence electrons. The molecular weight excluding hydrogens is 238 g/mol. The van der Waals surface area contributed by atoms with Crippen molar-refractivity contribution in [2.75, 3.05) is 33.7 Å². The van der Waals surface area contributed by atoms with Gasteiger partial charge in [-0.05, 0) is 45.7 Å². The fraction of sp³-hybridized carbons (Fsp3) is 0.538. The van der Waals surface area contributed by atoms with Gasteiger partial charge < -0.3 is 15.3 Å². The Morgan fingerprint density at radius 3 is 2.44 bits per heavy atom. The first-order valence-electron chi connectivity index (χ1n) is 5.99. The van der Waals surface area contributed by atoms with Gasteiger partial charge in [0, 0.05) is 6.54 Å². The van der Waals surface area contributed by atoms with E-state index >= 15 is 0 Å². The molecule has 1 atom stereocenters. The third-order valence-electron chi connectivity index (χ3n) is 2.63. The average Bonchev–Trinajstić information content (AvgIpc) is 2.27. The largest absolute Gasteiger partial charge is 0.387 e. The highest BCUT2D eigenvalue weighted by atomic mass is 19.1. The molecular formula is C13H20F2N2O. The molecule has 1 aromatic carbocycles. The molecule has 1 rings (SSSR count). The van der Waals surface area contributed by atoms with Gasteiger partial charge in [0.1, 0.15) is 11.6 Å². The molecule has 0 bridgehead atoms. The van der Waals surface area contributed by atoms with Gasteiger partial charge in [-0.1, -0.05) is 6.07 Å². The van der Waals surface area contributed by atoms with Crippen LogP contribution in [0.15, 0.2) is 18.2 Å². The Morgan fingerprint density at radius 2 is 1.89 bits per heavy atom. The minimum atomic E-state index is -1.16. The minimum absolute atomic E-state index is 0.144. The van der Waals surface area contributed by atoms with Crippen LogP contribution in [0.25, 0.3) is 0 Å². The second-order valence-electron chi connectivity index (χ2n) is 4.51. The Morgan fingerprint density at radius 1 is 1.28 bits per heavy atom. The van der Waals surface area contributed by atoms with Crippen molar-refractivity contribution in [3.63, 3.8) is 0 Å². The van der Waals surface area contributed by atoms with E-state index in [-0.39, 0.29) is 12.1 Å². The van der Waals surface area contributed by atoms with Gasteiger partial charge in [0.15, 0.2) is 0 Å². The molecule has 18 heavy (non-hydrogen) atoms. The van der Waals surface area contributed by atoms with Crippen molar-refractivity contribution in [3.05, 3.63) is 35.4 Å². The summed E-state index contributed by atoms with van der Waals surface area (Å²) < 4.78 is 26.7. The summed E-state index contributed by atoms with van der Waals surface area (Å²) >= 11 is 0. The van der Waals surface area contributed by atoms with Crippen molar-refractivity contribution in [3.8, 4) is 0 Å². The zero-order chi connectivity index (χ0) is 13.5. The van der Waals surface area contributed by atoms with Crippen molar-refractivity contribution in [2.24, 2.45) is 0 Å². The summed E-state index contributed by atoms with van der Waals surface area (Å²) in [5.41, 5.74) is -0.266. The quantitative estimate of drug-likeness (QED) is 0.728. The van der Waals surface area contributed by atoms with Gasteiger partial charge in [-0.2, -0.15) is 0 Å². The van der Waals surface area contributed by atoms with Gasteiger partial charge in [-0.3, -0.25) is 0 Å². The lowest BCUT2D eigenvalue weighted by Gasteiger charge is -2.14. The second-order valence-corrected chi connectivity index (χ2v) is 4.51. The molecule has 0 aromatic heterocycles. The van der Waals surface area contributed by atoms with E-state index < -0.39 is 17.7 Å². The number of benzene rings is 1. The molecule has 0 radical (unpaired) electrons. The molecule has 0 saturated carbocycles. The van der Waals surface area contributed by atoms with E-state index in [1.165, 1.54) is 6.07 Å². The van der Waals surface area contributed by atoms with Crippen LogP contribution in [-0.4, -0.2) is 43.7 Å². The SMILES string of the molecule is CN(C)CCCNCC(O)c1c(F)cccc1F. The van der Waals surface area contributed by atoms with Crippen LogP contribution in [0.5, 0.6) is 0 Å². The summed E-state index contributed by atoms with van der Waals surface area (Å²) in [5, 5.41) is 12.7. The first kappa shape index (κ1) is 15.0. The monoisotopic (exact) mass is 258 g/mol. The molecule has 0 aliphatic carbocycles. The Kier molecular flexibility index (Phi) is 6.18. The first-order chi connectivity index (χ1) is 8.52. The molecule has 1 unspecified atom stereocenters. The van der Waals surface area contributed by atoms with E-state index in [0.29, 0.717) is 6.54 Å². The smallest absolute Gasteiger partial charge is 0.131 e. The van der Waals surface area contributed by atoms with Crippen LogP contribution in [0.4, 0.5) is 8.78 Å². The molecule has 0 heterocycles. The predicted octanol–water partition coefficient (Wildman–Crippen LogP) is 1.54. The van der Waals surface area contributed by atoms with Gasteiger partial charge in [0.2, 0.25) is 0 Å². The maximum Gasteiger partial charge on any atom is 0.131 e. The molecule has 0 amide bonds. The van der Waals surface area contributed by atoms with Crippen LogP contribution >= 0.6 is 0 Å². The topological polar surface area (TPSA) is 35.5 Å². The normalized spacial score (nSPS) is 13.0. The summed E-state index contributed by atoms with van der Waals surface area (Å²) in [7, 11) is 3.95. The molecule has 2 N–H and O–H groups in total. The average molecular weight is 258 g/mol. The highest BCUT2D eigenvalue weighted by molar-refractivity contribution is 5.22. The standard InChI is InChI=1S/C13H20F2N2O/c1-17(2)8-4-7-16-9-12(18)13-10(14)5-3-6-11(13)15/h3,5-6,12,16,18H,4,7-9H2,1-2H3. The van der Waals surface area contributed by atoms with Crippen LogP contribution < -0.4 is 5.32 Å². The van der Waals surface area contributed by atoms with Crippen molar-refractivity contribution in [2.45, 2.75) is 12.5 Å². The fourth-order valence-corrected chi connectivity index (χ4v) is 1.69. The van der Waals surface area contributed by atoms with Crippen molar-refractivity contribution in [1.82, 2.24) is 10.2 Å². The Bertz CT molecular complexity index is 352. The van der Waals surface area contributed by atoms with E-state index in [4.69, 9.17) is 0 Å². The summed E-state index contributed by atoms with van der Waals surface area (Å²) in [6.45, 7) is 1.77. The summed E-state index contributed by atoms with van der Waals surface area (Å²) in [5.74, 6) is -1.42. The highest BCUT2D eigenvalue weighted by Gasteiger charge is 2.16. The van der Waals surface area contributed by atoms with E-state index in [2.05, 4.69) is 10.2 Å². The summed E-state index contributed by atoms with van der Waals surface area (Å²) in [4.78, 5) is 2.05. The molecule has 0 spiro atoms. The van der Waals surface area contributed by atoms with E-state index in [1.54, 1.807) is 0 Å². The number of rotatable bonds is 7. The zero-order valence-corrected chi connectivity index (χ0v) is 10.8. The second kappa shape index (κ2) is 7.41. The maximum absolute atomic E-state index is 13.3. The van der Waals surface area contributed by atoms with E-state index in [1.807, 2.05) is 14.1 Å². The third-order valence-corrected chi connectivity index (χ3v) is 2.63. The predicted molar refractivity (Wildman–Crippen MR) is 67.4 cm³/mol. The lowest BCUT2D eigenvalue weighted by atomic mass is 10.1. The summed E-state index contributed by atoms with van der Waals surface area (Å²) in [6.07, 6.45) is -0.245. The first-order valence-corrected chi connectivity index (χ1v) is 5.99. The lowest BCUT2D eigenvalue weighted by Crippen LogP contribution is -2.26. The van der Waals surface area contributed by atoms with Gasteiger partial charge in [0.25, 0.3) is 0 Å². The minimum Gasteiger partial charge on any atom is -0.387 e. The van der Waals surface area contributed by atoms with Crippen molar-refractivity contribution >= 4 is 0 Å². The summed E-state index contributed by atoms with van der Waals surface area (Å²) in [6, 6.07) is 3.58. The number of aliphatic hydroxyl groups is 1. The number of nitrogens with one attached hydrogen (secondary N) is 1. The van der Waals surface area contributed by atoms with Crippen molar-refractivity contribution < 1.29 is 13.9 Å². The number of hydrogen-bond acceptors (Lipinski definition) is 3. The maximum atomic E-state index is 13.3. The van der Waals surface area contributed by atoms with Gasteiger partial charge >= 0.3 is 0 Å². The number of halogens is 2. The van der Waals surface area contributed by atoms with Crippen molar-refractivity contribution in [1.29, 1.82) is 0 Å². The number of nitrogens with zero attached hydrogens (tertiary/aromatic N) is 1. The number of aliphatic hydroxyl groups excluding tert-OH is 1. The molecule has 3 nitrogen and oxygen atoms in total. The molecule has 0 fully saturated rings. The third kappa shape index (κ3) is 4.68. The lowest BCUT2D eigenvalue weighted by molar-refractivity contribution is 0.164. The zero-order valence-electron chi connectivity index (χ0n) is 10.8. The number of hydrogen-bond donors (Lipinski definition) is 2. The van der Waals surface area contributed by atoms with Crippen LogP contribution in [0.3, 0.4) is 0 Å². The Hall–Kier alpha value is -1.04. The van der Waals surface area contributed by atoms with Crippen LogP contribution in [0.2, 0.25) is 0 Å². The van der Waals surface area contributed by atoms with Crippen LogP contribution in [0, 0.1) is 11.6 Å². The molecule has 0 aliphatic rings. The van der Waals surface area contributed by atoms with Crippen LogP contribution in [0.1, 0.15) is 18.1 Å².